The number of hydrogen-bond acceptors (Lipinski definition) is 2. The third-order valence-electron chi connectivity index (χ3n) is 3.29. The van der Waals surface area contributed by atoms with Crippen LogP contribution in [0, 0.1) is 11.6 Å². The maximum absolute atomic E-state index is 13.7. The Morgan fingerprint density at radius 2 is 1.71 bits per heavy atom. The summed E-state index contributed by atoms with van der Waals surface area (Å²) in [6.07, 6.45) is 0.875. The molecule has 0 saturated heterocycles. The molecular weight excluding hydrogens is 272 g/mol. The van der Waals surface area contributed by atoms with Crippen LogP contribution in [0.1, 0.15) is 31.9 Å². The molecule has 0 heterocycles. The predicted molar refractivity (Wildman–Crippen MR) is 79.6 cm³/mol. The Morgan fingerprint density at radius 3 is 2.43 bits per heavy atom. The maximum Gasteiger partial charge on any atom is 0.201 e. The molecule has 112 valence electrons. The minimum Gasteiger partial charge on any atom is -0.454 e. The predicted octanol–water partition coefficient (Wildman–Crippen LogP) is 4.82. The summed E-state index contributed by atoms with van der Waals surface area (Å²) in [5.74, 6) is -1.45. The third-order valence-corrected chi connectivity index (χ3v) is 3.29. The van der Waals surface area contributed by atoms with E-state index in [1.54, 1.807) is 6.07 Å². The van der Waals surface area contributed by atoms with Crippen molar-refractivity contribution in [2.45, 2.75) is 26.3 Å². The molecule has 0 saturated carbocycles. The molecule has 0 aliphatic carbocycles. The van der Waals surface area contributed by atoms with Gasteiger partial charge in [0, 0.05) is 11.6 Å². The van der Waals surface area contributed by atoms with E-state index in [9.17, 15) is 8.78 Å². The topological polar surface area (TPSA) is 21.3 Å². The zero-order valence-electron chi connectivity index (χ0n) is 12.2. The largest absolute Gasteiger partial charge is 0.454 e. The van der Waals surface area contributed by atoms with Crippen molar-refractivity contribution in [3.8, 4) is 11.5 Å². The van der Waals surface area contributed by atoms with Crippen LogP contribution in [0.15, 0.2) is 42.5 Å². The molecular formula is C17H19F2NO. The molecule has 2 rings (SSSR count). The van der Waals surface area contributed by atoms with Crippen LogP contribution in [0.2, 0.25) is 0 Å². The maximum atomic E-state index is 13.7. The van der Waals surface area contributed by atoms with E-state index in [1.165, 1.54) is 12.1 Å². The summed E-state index contributed by atoms with van der Waals surface area (Å²) in [6, 6.07) is 11.5. The van der Waals surface area contributed by atoms with Crippen LogP contribution in [0.25, 0.3) is 0 Å². The number of halogens is 2. The van der Waals surface area contributed by atoms with Crippen molar-refractivity contribution in [2.75, 3.05) is 6.54 Å². The average molecular weight is 291 g/mol. The standard InChI is InChI=1S/C17H19F2NO/c1-3-14(20-4-2)12-8-5-6-10-15(12)21-16-11-7-9-13(18)17(16)19/h5-11,14,20H,3-4H2,1-2H3. The molecule has 0 fully saturated rings. The van der Waals surface area contributed by atoms with Gasteiger partial charge in [0.15, 0.2) is 11.6 Å². The Labute approximate surface area is 123 Å². The van der Waals surface area contributed by atoms with E-state index in [4.69, 9.17) is 4.74 Å². The number of ether oxygens (including phenoxy) is 1. The van der Waals surface area contributed by atoms with Gasteiger partial charge in [-0.3, -0.25) is 0 Å². The highest BCUT2D eigenvalue weighted by molar-refractivity contribution is 5.40. The Morgan fingerprint density at radius 1 is 1.00 bits per heavy atom. The van der Waals surface area contributed by atoms with Crippen molar-refractivity contribution in [1.29, 1.82) is 0 Å². The van der Waals surface area contributed by atoms with Gasteiger partial charge in [0.05, 0.1) is 0 Å². The van der Waals surface area contributed by atoms with Gasteiger partial charge in [-0.15, -0.1) is 0 Å². The Hall–Kier alpha value is -1.94. The lowest BCUT2D eigenvalue weighted by molar-refractivity contribution is 0.405. The summed E-state index contributed by atoms with van der Waals surface area (Å²) < 4.78 is 32.6. The summed E-state index contributed by atoms with van der Waals surface area (Å²) in [4.78, 5) is 0. The monoisotopic (exact) mass is 291 g/mol. The van der Waals surface area contributed by atoms with E-state index >= 15 is 0 Å². The highest BCUT2D eigenvalue weighted by Crippen LogP contribution is 2.32. The summed E-state index contributed by atoms with van der Waals surface area (Å²) in [6.45, 7) is 4.91. The first-order valence-corrected chi connectivity index (χ1v) is 7.11. The van der Waals surface area contributed by atoms with Crippen LogP contribution < -0.4 is 10.1 Å². The molecule has 2 aromatic carbocycles. The number of hydrogen-bond donors (Lipinski definition) is 1. The SMILES string of the molecule is CCNC(CC)c1ccccc1Oc1cccc(F)c1F. The van der Waals surface area contributed by atoms with Crippen LogP contribution in [-0.2, 0) is 0 Å². The second kappa shape index (κ2) is 7.18. The highest BCUT2D eigenvalue weighted by Gasteiger charge is 2.16. The van der Waals surface area contributed by atoms with Crippen molar-refractivity contribution in [3.05, 3.63) is 59.7 Å². The lowest BCUT2D eigenvalue weighted by Gasteiger charge is -2.20. The zero-order valence-corrected chi connectivity index (χ0v) is 12.2. The molecule has 0 spiro atoms. The number of nitrogens with one attached hydrogen (secondary N) is 1. The second-order valence-electron chi connectivity index (χ2n) is 4.71. The lowest BCUT2D eigenvalue weighted by Crippen LogP contribution is -2.20. The van der Waals surface area contributed by atoms with Crippen LogP contribution in [-0.4, -0.2) is 6.54 Å². The van der Waals surface area contributed by atoms with E-state index in [1.807, 2.05) is 25.1 Å². The summed E-state index contributed by atoms with van der Waals surface area (Å²) in [7, 11) is 0. The van der Waals surface area contributed by atoms with Crippen LogP contribution in [0.4, 0.5) is 8.78 Å². The average Bonchev–Trinajstić information content (AvgIpc) is 2.50. The molecule has 4 heteroatoms. The van der Waals surface area contributed by atoms with Crippen LogP contribution in [0.5, 0.6) is 11.5 Å². The zero-order chi connectivity index (χ0) is 15.2. The first-order chi connectivity index (χ1) is 10.2. The second-order valence-corrected chi connectivity index (χ2v) is 4.71. The molecule has 0 aromatic heterocycles. The van der Waals surface area contributed by atoms with Crippen molar-refractivity contribution in [1.82, 2.24) is 5.32 Å². The first kappa shape index (κ1) is 15.4. The van der Waals surface area contributed by atoms with Crippen LogP contribution in [0.3, 0.4) is 0 Å². The molecule has 0 aliphatic heterocycles. The van der Waals surface area contributed by atoms with Crippen molar-refractivity contribution in [2.24, 2.45) is 0 Å². The molecule has 0 bridgehead atoms. The van der Waals surface area contributed by atoms with Crippen molar-refractivity contribution >= 4 is 0 Å². The third kappa shape index (κ3) is 3.58. The van der Waals surface area contributed by atoms with E-state index in [0.717, 1.165) is 24.6 Å². The van der Waals surface area contributed by atoms with Gasteiger partial charge >= 0.3 is 0 Å². The Bertz CT molecular complexity index is 601. The summed E-state index contributed by atoms with van der Waals surface area (Å²) >= 11 is 0. The molecule has 2 aromatic rings. The number of benzene rings is 2. The fourth-order valence-corrected chi connectivity index (χ4v) is 2.26. The van der Waals surface area contributed by atoms with Gasteiger partial charge in [0.1, 0.15) is 5.75 Å². The van der Waals surface area contributed by atoms with E-state index in [-0.39, 0.29) is 11.8 Å². The van der Waals surface area contributed by atoms with Gasteiger partial charge in [-0.2, -0.15) is 4.39 Å². The molecule has 0 radical (unpaired) electrons. The molecule has 0 amide bonds. The lowest BCUT2D eigenvalue weighted by atomic mass is 10.0. The van der Waals surface area contributed by atoms with Gasteiger partial charge in [0.25, 0.3) is 0 Å². The highest BCUT2D eigenvalue weighted by atomic mass is 19.2. The molecule has 1 atom stereocenters. The minimum atomic E-state index is -0.969. The van der Waals surface area contributed by atoms with E-state index in [0.29, 0.717) is 5.75 Å². The van der Waals surface area contributed by atoms with Gasteiger partial charge in [-0.25, -0.2) is 4.39 Å². The quantitative estimate of drug-likeness (QED) is 0.824. The molecule has 2 nitrogen and oxygen atoms in total. The van der Waals surface area contributed by atoms with Gasteiger partial charge in [-0.1, -0.05) is 38.1 Å². The van der Waals surface area contributed by atoms with Gasteiger partial charge < -0.3 is 10.1 Å². The number of para-hydroxylation sites is 1. The van der Waals surface area contributed by atoms with Crippen molar-refractivity contribution < 1.29 is 13.5 Å². The number of rotatable bonds is 6. The fraction of sp³-hybridized carbons (Fsp3) is 0.294. The minimum absolute atomic E-state index is 0.103. The normalized spacial score (nSPS) is 12.2. The van der Waals surface area contributed by atoms with E-state index < -0.39 is 11.6 Å². The molecule has 1 N–H and O–H groups in total. The smallest absolute Gasteiger partial charge is 0.201 e. The van der Waals surface area contributed by atoms with E-state index in [2.05, 4.69) is 12.2 Å². The van der Waals surface area contributed by atoms with Crippen molar-refractivity contribution in [3.63, 3.8) is 0 Å². The fourth-order valence-electron chi connectivity index (χ4n) is 2.26. The van der Waals surface area contributed by atoms with Crippen LogP contribution >= 0.6 is 0 Å². The molecule has 0 aliphatic rings. The van der Waals surface area contributed by atoms with Gasteiger partial charge in [0.2, 0.25) is 5.82 Å². The molecule has 21 heavy (non-hydrogen) atoms. The van der Waals surface area contributed by atoms with Gasteiger partial charge in [-0.05, 0) is 31.2 Å². The molecule has 1 unspecified atom stereocenters. The Kier molecular flexibility index (Phi) is 5.28. The summed E-state index contributed by atoms with van der Waals surface area (Å²) in [5.41, 5.74) is 0.936. The summed E-state index contributed by atoms with van der Waals surface area (Å²) in [5, 5.41) is 3.35. The first-order valence-electron chi connectivity index (χ1n) is 7.11. The Balaban J connectivity index is 2.34.